The zero-order chi connectivity index (χ0) is 12.4. The van der Waals surface area contributed by atoms with Crippen LogP contribution < -0.4 is 0 Å². The molecule has 1 aromatic carbocycles. The lowest BCUT2D eigenvalue weighted by atomic mass is 10.3. The Hall–Kier alpha value is -0.810. The number of fused-ring (bicyclic) bond motifs is 1. The highest BCUT2D eigenvalue weighted by Gasteiger charge is 2.07. The molecule has 0 aliphatic carbocycles. The Balaban J connectivity index is 2.35. The molecule has 1 heterocycles. The summed E-state index contributed by atoms with van der Waals surface area (Å²) in [7, 11) is 0. The van der Waals surface area contributed by atoms with Gasteiger partial charge >= 0.3 is 0 Å². The molecule has 2 rings (SSSR count). The minimum atomic E-state index is -0.224. The van der Waals surface area contributed by atoms with Crippen LogP contribution in [-0.4, -0.2) is 21.1 Å². The molecule has 0 bridgehead atoms. The molecule has 0 aliphatic heterocycles. The third-order valence-corrected chi connectivity index (χ3v) is 4.26. The molecule has 0 spiro atoms. The highest BCUT2D eigenvalue weighted by Crippen LogP contribution is 2.18. The molecule has 1 atom stereocenters. The first-order valence-electron chi connectivity index (χ1n) is 5.52. The lowest BCUT2D eigenvalue weighted by Crippen LogP contribution is -2.04. The Morgan fingerprint density at radius 2 is 2.29 bits per heavy atom. The predicted octanol–water partition coefficient (Wildman–Crippen LogP) is 3.98. The SMILES string of the molecule is CSC(C)CCn1c(=S)[nH]c2ccc(F)cc21. The summed E-state index contributed by atoms with van der Waals surface area (Å²) in [5.74, 6) is -0.224. The van der Waals surface area contributed by atoms with Crippen molar-refractivity contribution >= 4 is 35.0 Å². The van der Waals surface area contributed by atoms with Gasteiger partial charge in [-0.3, -0.25) is 0 Å². The zero-order valence-corrected chi connectivity index (χ0v) is 11.5. The molecule has 0 saturated heterocycles. The average Bonchev–Trinajstić information content (AvgIpc) is 2.61. The van der Waals surface area contributed by atoms with Crippen LogP contribution in [0, 0.1) is 10.6 Å². The summed E-state index contributed by atoms with van der Waals surface area (Å²) in [5.41, 5.74) is 1.75. The second-order valence-corrected chi connectivity index (χ2v) is 5.74. The standard InChI is InChI=1S/C12H15FN2S2/c1-8(17-2)5-6-15-11-7-9(13)3-4-10(11)14-12(15)16/h3-4,7-8H,5-6H2,1-2H3,(H,14,16). The summed E-state index contributed by atoms with van der Waals surface area (Å²) in [6, 6.07) is 4.71. The van der Waals surface area contributed by atoms with Crippen molar-refractivity contribution in [2.45, 2.75) is 25.1 Å². The number of halogens is 1. The van der Waals surface area contributed by atoms with Crippen molar-refractivity contribution in [3.8, 4) is 0 Å². The molecular formula is C12H15FN2S2. The Labute approximate surface area is 109 Å². The average molecular weight is 270 g/mol. The molecule has 2 nitrogen and oxygen atoms in total. The fraction of sp³-hybridized carbons (Fsp3) is 0.417. The molecular weight excluding hydrogens is 255 g/mol. The van der Waals surface area contributed by atoms with Crippen LogP contribution in [0.5, 0.6) is 0 Å². The van der Waals surface area contributed by atoms with E-state index >= 15 is 0 Å². The first-order chi connectivity index (χ1) is 8.11. The number of benzene rings is 1. The van der Waals surface area contributed by atoms with E-state index in [-0.39, 0.29) is 5.82 Å². The summed E-state index contributed by atoms with van der Waals surface area (Å²) in [4.78, 5) is 3.10. The molecule has 1 unspecified atom stereocenters. The van der Waals surface area contributed by atoms with Crippen molar-refractivity contribution in [2.75, 3.05) is 6.26 Å². The molecule has 1 N–H and O–H groups in total. The van der Waals surface area contributed by atoms with Crippen molar-refractivity contribution < 1.29 is 4.39 Å². The summed E-state index contributed by atoms with van der Waals surface area (Å²) < 4.78 is 15.9. The van der Waals surface area contributed by atoms with Gasteiger partial charge in [0.15, 0.2) is 4.77 Å². The third kappa shape index (κ3) is 2.72. The molecule has 2 aromatic rings. The van der Waals surface area contributed by atoms with Crippen LogP contribution in [0.15, 0.2) is 18.2 Å². The maximum atomic E-state index is 13.2. The molecule has 0 aliphatic rings. The van der Waals surface area contributed by atoms with Gasteiger partial charge in [-0.2, -0.15) is 11.8 Å². The minimum Gasteiger partial charge on any atom is -0.331 e. The number of imidazole rings is 1. The van der Waals surface area contributed by atoms with Gasteiger partial charge in [-0.05, 0) is 43.1 Å². The van der Waals surface area contributed by atoms with Gasteiger partial charge in [0.1, 0.15) is 5.82 Å². The highest BCUT2D eigenvalue weighted by molar-refractivity contribution is 7.99. The van der Waals surface area contributed by atoms with E-state index in [2.05, 4.69) is 18.2 Å². The van der Waals surface area contributed by atoms with Crippen LogP contribution in [-0.2, 0) is 6.54 Å². The fourth-order valence-electron chi connectivity index (χ4n) is 1.78. The van der Waals surface area contributed by atoms with Crippen LogP contribution in [0.1, 0.15) is 13.3 Å². The van der Waals surface area contributed by atoms with Crippen molar-refractivity contribution in [2.24, 2.45) is 0 Å². The first kappa shape index (κ1) is 12.6. The molecule has 5 heteroatoms. The largest absolute Gasteiger partial charge is 0.331 e. The van der Waals surface area contributed by atoms with Gasteiger partial charge in [-0.25, -0.2) is 4.39 Å². The van der Waals surface area contributed by atoms with Crippen molar-refractivity contribution in [3.05, 3.63) is 28.8 Å². The van der Waals surface area contributed by atoms with E-state index in [1.807, 2.05) is 16.3 Å². The monoisotopic (exact) mass is 270 g/mol. The topological polar surface area (TPSA) is 20.7 Å². The second kappa shape index (κ2) is 5.23. The van der Waals surface area contributed by atoms with Crippen LogP contribution in [0.4, 0.5) is 4.39 Å². The number of H-pyrrole nitrogens is 1. The van der Waals surface area contributed by atoms with Crippen LogP contribution in [0.25, 0.3) is 11.0 Å². The van der Waals surface area contributed by atoms with E-state index in [0.717, 1.165) is 24.0 Å². The van der Waals surface area contributed by atoms with Crippen LogP contribution in [0.2, 0.25) is 0 Å². The second-order valence-electron chi connectivity index (χ2n) is 4.08. The predicted molar refractivity (Wildman–Crippen MR) is 74.7 cm³/mol. The number of nitrogens with zero attached hydrogens (tertiary/aromatic N) is 1. The van der Waals surface area contributed by atoms with Gasteiger partial charge in [-0.15, -0.1) is 0 Å². The van der Waals surface area contributed by atoms with Gasteiger partial charge in [0.05, 0.1) is 11.0 Å². The van der Waals surface area contributed by atoms with E-state index in [1.54, 1.807) is 6.07 Å². The van der Waals surface area contributed by atoms with E-state index in [1.165, 1.54) is 12.1 Å². The summed E-state index contributed by atoms with van der Waals surface area (Å²) in [5, 5.41) is 0.579. The molecule has 0 fully saturated rings. The van der Waals surface area contributed by atoms with Crippen LogP contribution >= 0.6 is 24.0 Å². The van der Waals surface area contributed by atoms with E-state index < -0.39 is 0 Å². The van der Waals surface area contributed by atoms with Gasteiger partial charge in [-0.1, -0.05) is 6.92 Å². The zero-order valence-electron chi connectivity index (χ0n) is 9.87. The highest BCUT2D eigenvalue weighted by atomic mass is 32.2. The van der Waals surface area contributed by atoms with E-state index in [4.69, 9.17) is 12.2 Å². The van der Waals surface area contributed by atoms with Crippen molar-refractivity contribution in [1.29, 1.82) is 0 Å². The normalized spacial score (nSPS) is 13.1. The van der Waals surface area contributed by atoms with Gasteiger partial charge in [0, 0.05) is 11.8 Å². The minimum absolute atomic E-state index is 0.224. The molecule has 0 radical (unpaired) electrons. The Morgan fingerprint density at radius 1 is 1.53 bits per heavy atom. The number of aromatic amines is 1. The number of hydrogen-bond acceptors (Lipinski definition) is 2. The number of aryl methyl sites for hydroxylation is 1. The first-order valence-corrected chi connectivity index (χ1v) is 7.22. The number of nitrogens with one attached hydrogen (secondary N) is 1. The molecule has 92 valence electrons. The number of thioether (sulfide) groups is 1. The summed E-state index contributed by atoms with van der Waals surface area (Å²) in [6.07, 6.45) is 3.12. The fourth-order valence-corrected chi connectivity index (χ4v) is 2.42. The summed E-state index contributed by atoms with van der Waals surface area (Å²) in [6.45, 7) is 3.01. The lowest BCUT2D eigenvalue weighted by Gasteiger charge is -2.09. The number of rotatable bonds is 4. The molecule has 1 aromatic heterocycles. The molecule has 0 amide bonds. The maximum Gasteiger partial charge on any atom is 0.178 e. The van der Waals surface area contributed by atoms with Gasteiger partial charge in [0.2, 0.25) is 0 Å². The summed E-state index contributed by atoms with van der Waals surface area (Å²) >= 11 is 7.09. The van der Waals surface area contributed by atoms with E-state index in [0.29, 0.717) is 10.0 Å². The van der Waals surface area contributed by atoms with Crippen molar-refractivity contribution in [1.82, 2.24) is 9.55 Å². The Morgan fingerprint density at radius 3 is 3.00 bits per heavy atom. The number of hydrogen-bond donors (Lipinski definition) is 1. The smallest absolute Gasteiger partial charge is 0.178 e. The van der Waals surface area contributed by atoms with Gasteiger partial charge < -0.3 is 9.55 Å². The van der Waals surface area contributed by atoms with E-state index in [9.17, 15) is 4.39 Å². The number of aromatic nitrogens is 2. The Bertz CT molecular complexity index is 573. The third-order valence-electron chi connectivity index (χ3n) is 2.90. The van der Waals surface area contributed by atoms with Gasteiger partial charge in [0.25, 0.3) is 0 Å². The Kier molecular flexibility index (Phi) is 3.89. The maximum absolute atomic E-state index is 13.2. The molecule has 0 saturated carbocycles. The van der Waals surface area contributed by atoms with Crippen LogP contribution in [0.3, 0.4) is 0 Å². The van der Waals surface area contributed by atoms with Crippen molar-refractivity contribution in [3.63, 3.8) is 0 Å². The lowest BCUT2D eigenvalue weighted by molar-refractivity contribution is 0.623. The quantitative estimate of drug-likeness (QED) is 0.848. The molecule has 17 heavy (non-hydrogen) atoms.